The van der Waals surface area contributed by atoms with Crippen LogP contribution in [0.5, 0.6) is 0 Å². The van der Waals surface area contributed by atoms with E-state index in [2.05, 4.69) is 22.3 Å². The van der Waals surface area contributed by atoms with Gasteiger partial charge in [-0.3, -0.25) is 9.59 Å². The van der Waals surface area contributed by atoms with Crippen LogP contribution in [0, 0.1) is 17.2 Å². The number of halogens is 3. The molecule has 0 spiro atoms. The first-order valence-electron chi connectivity index (χ1n) is 11.5. The maximum absolute atomic E-state index is 12.9. The smallest absolute Gasteiger partial charge is 0.383 e. The highest BCUT2D eigenvalue weighted by Crippen LogP contribution is 2.36. The summed E-state index contributed by atoms with van der Waals surface area (Å²) in [7, 11) is 0. The maximum atomic E-state index is 12.9. The number of nitrogens with one attached hydrogen (secondary N) is 2. The Bertz CT molecular complexity index is 901. The van der Waals surface area contributed by atoms with Crippen LogP contribution in [0.3, 0.4) is 0 Å². The number of rotatable bonds is 10. The number of anilines is 1. The number of benzene rings is 1. The number of thioether (sulfide) groups is 1. The fourth-order valence-corrected chi connectivity index (χ4v) is 5.74. The predicted octanol–water partition coefficient (Wildman–Crippen LogP) is 2.85. The standard InChI is InChI=1S/C23H30F3N5O2S/c1-2-31-21(33)19(34-22(31)18(13-27)20(32)29-15-23(24,25)26)14-28-17-7-5-6-16(12-17)8-11-30-9-3-4-10-30/h5-7,12,18-19,22,28H,2-4,8-11,14-15H2,1H3,(H,29,32)/t18-,19-,22+/m0/s1. The van der Waals surface area contributed by atoms with Crippen molar-refractivity contribution in [3.63, 3.8) is 0 Å². The minimum Gasteiger partial charge on any atom is -0.383 e. The minimum atomic E-state index is -4.58. The highest BCUT2D eigenvalue weighted by Gasteiger charge is 2.46. The van der Waals surface area contributed by atoms with Crippen molar-refractivity contribution in [3.05, 3.63) is 29.8 Å². The molecule has 1 aromatic rings. The molecule has 2 fully saturated rings. The quantitative estimate of drug-likeness (QED) is 0.517. The first-order chi connectivity index (χ1) is 16.2. The third-order valence-electron chi connectivity index (χ3n) is 6.01. The van der Waals surface area contributed by atoms with Gasteiger partial charge in [-0.25, -0.2) is 0 Å². The largest absolute Gasteiger partial charge is 0.405 e. The van der Waals surface area contributed by atoms with Crippen LogP contribution in [0.2, 0.25) is 0 Å². The van der Waals surface area contributed by atoms with Gasteiger partial charge in [0.2, 0.25) is 11.8 Å². The Morgan fingerprint density at radius 2 is 2.06 bits per heavy atom. The summed E-state index contributed by atoms with van der Waals surface area (Å²) in [4.78, 5) is 29.0. The number of carbonyl (C=O) groups is 2. The van der Waals surface area contributed by atoms with E-state index in [1.807, 2.05) is 12.1 Å². The molecule has 34 heavy (non-hydrogen) atoms. The predicted molar refractivity (Wildman–Crippen MR) is 125 cm³/mol. The Morgan fingerprint density at radius 3 is 2.71 bits per heavy atom. The van der Waals surface area contributed by atoms with Crippen molar-refractivity contribution < 1.29 is 22.8 Å². The van der Waals surface area contributed by atoms with E-state index >= 15 is 0 Å². The van der Waals surface area contributed by atoms with Crippen LogP contribution in [0.4, 0.5) is 18.9 Å². The van der Waals surface area contributed by atoms with Gasteiger partial charge in [-0.2, -0.15) is 18.4 Å². The summed E-state index contributed by atoms with van der Waals surface area (Å²) in [6.07, 6.45) is -1.13. The van der Waals surface area contributed by atoms with Gasteiger partial charge in [0.1, 0.15) is 17.2 Å². The van der Waals surface area contributed by atoms with Gasteiger partial charge in [0.15, 0.2) is 5.92 Å². The second kappa shape index (κ2) is 11.8. The summed E-state index contributed by atoms with van der Waals surface area (Å²) in [6, 6.07) is 9.79. The lowest BCUT2D eigenvalue weighted by molar-refractivity contribution is -0.141. The van der Waals surface area contributed by atoms with E-state index in [1.165, 1.54) is 23.3 Å². The molecule has 11 heteroatoms. The Balaban J connectivity index is 1.58. The van der Waals surface area contributed by atoms with E-state index in [9.17, 15) is 28.0 Å². The first-order valence-corrected chi connectivity index (χ1v) is 12.4. The van der Waals surface area contributed by atoms with Gasteiger partial charge in [0, 0.05) is 25.3 Å². The van der Waals surface area contributed by atoms with Crippen molar-refractivity contribution >= 4 is 29.3 Å². The molecule has 186 valence electrons. The average molecular weight is 498 g/mol. The number of amides is 2. The Kier molecular flexibility index (Phi) is 9.08. The molecule has 2 saturated heterocycles. The van der Waals surface area contributed by atoms with Crippen molar-refractivity contribution in [2.45, 2.75) is 43.0 Å². The molecule has 2 heterocycles. The van der Waals surface area contributed by atoms with E-state index in [4.69, 9.17) is 0 Å². The lowest BCUT2D eigenvalue weighted by Crippen LogP contribution is -2.45. The molecular formula is C23H30F3N5O2S. The van der Waals surface area contributed by atoms with E-state index in [-0.39, 0.29) is 19.0 Å². The number of hydrogen-bond acceptors (Lipinski definition) is 6. The van der Waals surface area contributed by atoms with Crippen molar-refractivity contribution in [2.24, 2.45) is 5.92 Å². The second-order valence-electron chi connectivity index (χ2n) is 8.46. The van der Waals surface area contributed by atoms with Crippen LogP contribution in [0.25, 0.3) is 0 Å². The molecule has 0 aliphatic carbocycles. The Morgan fingerprint density at radius 1 is 1.32 bits per heavy atom. The molecule has 2 aliphatic rings. The third kappa shape index (κ3) is 7.03. The van der Waals surface area contributed by atoms with Gasteiger partial charge in [-0.1, -0.05) is 12.1 Å². The van der Waals surface area contributed by atoms with Gasteiger partial charge >= 0.3 is 6.18 Å². The summed E-state index contributed by atoms with van der Waals surface area (Å²) >= 11 is 1.14. The van der Waals surface area contributed by atoms with Gasteiger partial charge in [0.25, 0.3) is 0 Å². The topological polar surface area (TPSA) is 88.5 Å². The molecule has 0 bridgehead atoms. The Hall–Kier alpha value is -2.45. The maximum Gasteiger partial charge on any atom is 0.405 e. The highest BCUT2D eigenvalue weighted by molar-refractivity contribution is 8.01. The molecule has 0 unspecified atom stereocenters. The summed E-state index contributed by atoms with van der Waals surface area (Å²) in [5, 5.41) is 13.1. The van der Waals surface area contributed by atoms with E-state index < -0.39 is 35.2 Å². The van der Waals surface area contributed by atoms with Crippen LogP contribution in [-0.4, -0.2) is 77.7 Å². The van der Waals surface area contributed by atoms with Crippen LogP contribution < -0.4 is 10.6 Å². The number of carbonyl (C=O) groups excluding carboxylic acids is 2. The summed E-state index contributed by atoms with van der Waals surface area (Å²) in [5.41, 5.74) is 2.07. The first kappa shape index (κ1) is 26.2. The fourth-order valence-electron chi connectivity index (χ4n) is 4.23. The van der Waals surface area contributed by atoms with Crippen molar-refractivity contribution in [1.82, 2.24) is 15.1 Å². The van der Waals surface area contributed by atoms with Gasteiger partial charge < -0.3 is 20.4 Å². The van der Waals surface area contributed by atoms with E-state index in [0.29, 0.717) is 0 Å². The lowest BCUT2D eigenvalue weighted by atomic mass is 10.1. The van der Waals surface area contributed by atoms with Crippen LogP contribution in [0.15, 0.2) is 24.3 Å². The molecule has 7 nitrogen and oxygen atoms in total. The molecular weight excluding hydrogens is 467 g/mol. The van der Waals surface area contributed by atoms with Crippen molar-refractivity contribution in [1.29, 1.82) is 5.26 Å². The fraction of sp³-hybridized carbons (Fsp3) is 0.609. The molecule has 3 rings (SSSR count). The molecule has 1 aromatic carbocycles. The van der Waals surface area contributed by atoms with E-state index in [0.717, 1.165) is 43.5 Å². The average Bonchev–Trinajstić information content (AvgIpc) is 3.43. The lowest BCUT2D eigenvalue weighted by Gasteiger charge is -2.25. The molecule has 0 saturated carbocycles. The van der Waals surface area contributed by atoms with Crippen LogP contribution in [-0.2, 0) is 16.0 Å². The summed E-state index contributed by atoms with van der Waals surface area (Å²) in [5.74, 6) is -2.66. The number of likely N-dealkylation sites (tertiary alicyclic amines) is 1. The highest BCUT2D eigenvalue weighted by atomic mass is 32.2. The van der Waals surface area contributed by atoms with E-state index in [1.54, 1.807) is 18.3 Å². The molecule has 2 N–H and O–H groups in total. The number of nitrogens with zero attached hydrogens (tertiary/aromatic N) is 3. The zero-order chi connectivity index (χ0) is 24.7. The SMILES string of the molecule is CCN1C(=O)[C@H](CNc2cccc(CCN3CCCC3)c2)S[C@@H]1[C@@H](C#N)C(=O)NCC(F)(F)F. The molecule has 0 radical (unpaired) electrons. The zero-order valence-electron chi connectivity index (χ0n) is 19.1. The number of nitriles is 1. The molecule has 2 amide bonds. The van der Waals surface area contributed by atoms with Crippen molar-refractivity contribution in [2.75, 3.05) is 44.6 Å². The normalized spacial score (nSPS) is 22.0. The number of alkyl halides is 3. The minimum absolute atomic E-state index is 0.237. The summed E-state index contributed by atoms with van der Waals surface area (Å²) < 4.78 is 37.4. The van der Waals surface area contributed by atoms with Crippen molar-refractivity contribution in [3.8, 4) is 6.07 Å². The molecule has 0 aromatic heterocycles. The van der Waals surface area contributed by atoms with Gasteiger partial charge in [0.05, 0.1) is 6.07 Å². The monoisotopic (exact) mass is 497 g/mol. The van der Waals surface area contributed by atoms with Gasteiger partial charge in [-0.05, 0) is 57.0 Å². The zero-order valence-corrected chi connectivity index (χ0v) is 19.9. The Labute approximate surface area is 202 Å². The van der Waals surface area contributed by atoms with Gasteiger partial charge in [-0.15, -0.1) is 11.8 Å². The third-order valence-corrected chi connectivity index (χ3v) is 7.52. The number of hydrogen-bond donors (Lipinski definition) is 2. The molecule has 2 aliphatic heterocycles. The second-order valence-corrected chi connectivity index (χ2v) is 9.78. The van der Waals surface area contributed by atoms with Crippen LogP contribution in [0.1, 0.15) is 25.3 Å². The summed E-state index contributed by atoms with van der Waals surface area (Å²) in [6.45, 7) is 4.04. The molecule has 3 atom stereocenters. The van der Waals surface area contributed by atoms with Crippen LogP contribution >= 0.6 is 11.8 Å².